The Morgan fingerprint density at radius 2 is 2.21 bits per heavy atom. The van der Waals surface area contributed by atoms with Crippen molar-refractivity contribution >= 4 is 29.5 Å². The van der Waals surface area contributed by atoms with Gasteiger partial charge >= 0.3 is 5.97 Å². The maximum Gasteiger partial charge on any atom is 0.326 e. The zero-order valence-corrected chi connectivity index (χ0v) is 14.6. The number of nitrogens with zero attached hydrogens (tertiary/aromatic N) is 1. The van der Waals surface area contributed by atoms with Crippen molar-refractivity contribution < 1.29 is 23.5 Å². The molecule has 0 unspecified atom stereocenters. The fraction of sp³-hybridized carbons (Fsp3) is 0.562. The normalized spacial score (nSPS) is 32.3. The van der Waals surface area contributed by atoms with Crippen LogP contribution in [0.25, 0.3) is 0 Å². The highest BCUT2D eigenvalue weighted by Crippen LogP contribution is 2.50. The Morgan fingerprint density at radius 3 is 2.79 bits per heavy atom. The van der Waals surface area contributed by atoms with Crippen LogP contribution in [0.15, 0.2) is 22.8 Å². The van der Waals surface area contributed by atoms with Gasteiger partial charge in [0, 0.05) is 7.05 Å². The lowest BCUT2D eigenvalue weighted by molar-refractivity contribution is -0.154. The van der Waals surface area contributed by atoms with Gasteiger partial charge in [0.25, 0.3) is 0 Å². The summed E-state index contributed by atoms with van der Waals surface area (Å²) in [6.07, 6.45) is 3.83. The third-order valence-corrected chi connectivity index (χ3v) is 5.59. The number of rotatable bonds is 5. The number of carbonyl (C=O) groups excluding carboxylic acids is 3. The van der Waals surface area contributed by atoms with E-state index >= 15 is 0 Å². The van der Waals surface area contributed by atoms with Gasteiger partial charge in [-0.15, -0.1) is 0 Å². The van der Waals surface area contributed by atoms with Crippen LogP contribution in [0.2, 0.25) is 0 Å². The summed E-state index contributed by atoms with van der Waals surface area (Å²) in [4.78, 5) is 39.1. The molecule has 2 fully saturated rings. The second-order valence-electron chi connectivity index (χ2n) is 6.08. The number of nitrogens with one attached hydrogen (secondary N) is 1. The van der Waals surface area contributed by atoms with Crippen molar-refractivity contribution in [3.8, 4) is 0 Å². The molecule has 3 rings (SSSR count). The SMILES string of the molecule is COC(=O)[C@]1(CCSC)N[C@H](c2ccco2)[C@@H]2C(=O)N(C)C(=O)[C@@H]21. The molecule has 0 aliphatic carbocycles. The summed E-state index contributed by atoms with van der Waals surface area (Å²) in [6, 6.07) is 2.93. The van der Waals surface area contributed by atoms with Crippen LogP contribution in [-0.2, 0) is 19.1 Å². The second-order valence-corrected chi connectivity index (χ2v) is 7.07. The lowest BCUT2D eigenvalue weighted by atomic mass is 9.78. The number of hydrogen-bond acceptors (Lipinski definition) is 7. The summed E-state index contributed by atoms with van der Waals surface area (Å²) in [5.74, 6) is -1.43. The van der Waals surface area contributed by atoms with Gasteiger partial charge in [-0.3, -0.25) is 24.6 Å². The standard InChI is InChI=1S/C16H20N2O5S/c1-18-13(19)10-11(14(18)20)16(6-8-24-3,15(21)22-2)17-12(10)9-5-4-7-23-9/h4-5,7,10-12,17H,6,8H2,1-3H3/t10-,11-,12-,16-/m1/s1. The van der Waals surface area contributed by atoms with Gasteiger partial charge in [0.15, 0.2) is 0 Å². The zero-order chi connectivity index (χ0) is 17.5. The van der Waals surface area contributed by atoms with Crippen molar-refractivity contribution in [3.63, 3.8) is 0 Å². The molecular weight excluding hydrogens is 332 g/mol. The van der Waals surface area contributed by atoms with Crippen LogP contribution in [0.3, 0.4) is 0 Å². The van der Waals surface area contributed by atoms with E-state index in [2.05, 4.69) is 5.32 Å². The molecule has 0 saturated carbocycles. The Hall–Kier alpha value is -1.80. The minimum absolute atomic E-state index is 0.297. The number of esters is 1. The maximum atomic E-state index is 12.7. The topological polar surface area (TPSA) is 88.8 Å². The largest absolute Gasteiger partial charge is 0.468 e. The molecule has 24 heavy (non-hydrogen) atoms. The van der Waals surface area contributed by atoms with Crippen molar-refractivity contribution in [1.82, 2.24) is 10.2 Å². The van der Waals surface area contributed by atoms with E-state index in [1.165, 1.54) is 20.4 Å². The Kier molecular flexibility index (Phi) is 4.44. The van der Waals surface area contributed by atoms with Crippen molar-refractivity contribution in [2.24, 2.45) is 11.8 Å². The predicted molar refractivity (Wildman–Crippen MR) is 87.1 cm³/mol. The average Bonchev–Trinajstić information content (AvgIpc) is 3.27. The molecule has 0 spiro atoms. The van der Waals surface area contributed by atoms with Crippen molar-refractivity contribution in [3.05, 3.63) is 24.2 Å². The van der Waals surface area contributed by atoms with Gasteiger partial charge in [-0.05, 0) is 30.6 Å². The summed E-state index contributed by atoms with van der Waals surface area (Å²) in [5, 5.41) is 3.23. The van der Waals surface area contributed by atoms with Crippen LogP contribution in [0.5, 0.6) is 0 Å². The third-order valence-electron chi connectivity index (χ3n) is 4.97. The molecule has 3 heterocycles. The van der Waals surface area contributed by atoms with E-state index < -0.39 is 29.4 Å². The molecule has 130 valence electrons. The number of thioether (sulfide) groups is 1. The fourth-order valence-corrected chi connectivity index (χ4v) is 4.35. The third kappa shape index (κ3) is 2.28. The average molecular weight is 352 g/mol. The summed E-state index contributed by atoms with van der Waals surface area (Å²) < 4.78 is 10.5. The molecule has 2 amide bonds. The first-order valence-corrected chi connectivity index (χ1v) is 9.07. The number of furan rings is 1. The van der Waals surface area contributed by atoms with E-state index in [1.807, 2.05) is 6.26 Å². The van der Waals surface area contributed by atoms with Gasteiger partial charge in [-0.2, -0.15) is 11.8 Å². The van der Waals surface area contributed by atoms with Gasteiger partial charge in [0.1, 0.15) is 11.3 Å². The first-order valence-electron chi connectivity index (χ1n) is 7.67. The lowest BCUT2D eigenvalue weighted by Gasteiger charge is -2.31. The number of imide groups is 1. The molecule has 7 nitrogen and oxygen atoms in total. The molecular formula is C16H20N2O5S. The molecule has 1 aromatic heterocycles. The van der Waals surface area contributed by atoms with Crippen LogP contribution in [0, 0.1) is 11.8 Å². The smallest absolute Gasteiger partial charge is 0.326 e. The van der Waals surface area contributed by atoms with Gasteiger partial charge in [-0.1, -0.05) is 0 Å². The van der Waals surface area contributed by atoms with E-state index in [9.17, 15) is 14.4 Å². The summed E-state index contributed by atoms with van der Waals surface area (Å²) >= 11 is 1.57. The molecule has 8 heteroatoms. The summed E-state index contributed by atoms with van der Waals surface area (Å²) in [5.41, 5.74) is -1.22. The Bertz CT molecular complexity index is 661. The number of carbonyl (C=O) groups is 3. The number of hydrogen-bond donors (Lipinski definition) is 1. The number of ether oxygens (including phenoxy) is 1. The summed E-state index contributed by atoms with van der Waals surface area (Å²) in [7, 11) is 2.75. The first-order chi connectivity index (χ1) is 11.5. The summed E-state index contributed by atoms with van der Waals surface area (Å²) in [6.45, 7) is 0. The highest BCUT2D eigenvalue weighted by Gasteiger charge is 2.68. The number of amides is 2. The number of likely N-dealkylation sites (tertiary alicyclic amines) is 1. The minimum atomic E-state index is -1.22. The predicted octanol–water partition coefficient (Wildman–Crippen LogP) is 0.820. The van der Waals surface area contributed by atoms with Gasteiger partial charge in [-0.25, -0.2) is 0 Å². The highest BCUT2D eigenvalue weighted by atomic mass is 32.2. The monoisotopic (exact) mass is 352 g/mol. The Labute approximate surface area is 144 Å². The molecule has 0 aromatic carbocycles. The molecule has 1 N–H and O–H groups in total. The fourth-order valence-electron chi connectivity index (χ4n) is 3.82. The van der Waals surface area contributed by atoms with E-state index in [1.54, 1.807) is 23.9 Å². The zero-order valence-electron chi connectivity index (χ0n) is 13.8. The molecule has 0 bridgehead atoms. The molecule has 4 atom stereocenters. The van der Waals surface area contributed by atoms with Crippen molar-refractivity contribution in [2.45, 2.75) is 18.0 Å². The van der Waals surface area contributed by atoms with Gasteiger partial charge < -0.3 is 9.15 Å². The number of fused-ring (bicyclic) bond motifs is 1. The van der Waals surface area contributed by atoms with Crippen LogP contribution < -0.4 is 5.32 Å². The van der Waals surface area contributed by atoms with E-state index in [0.717, 1.165) is 4.90 Å². The van der Waals surface area contributed by atoms with Crippen molar-refractivity contribution in [1.29, 1.82) is 0 Å². The number of methoxy groups -OCH3 is 1. The van der Waals surface area contributed by atoms with E-state index in [4.69, 9.17) is 9.15 Å². The van der Waals surface area contributed by atoms with E-state index in [-0.39, 0.29) is 11.8 Å². The molecule has 1 aromatic rings. The van der Waals surface area contributed by atoms with Gasteiger partial charge in [0.2, 0.25) is 11.8 Å². The van der Waals surface area contributed by atoms with Crippen LogP contribution in [-0.4, -0.2) is 54.4 Å². The first kappa shape index (κ1) is 17.0. The lowest BCUT2D eigenvalue weighted by Crippen LogP contribution is -2.56. The van der Waals surface area contributed by atoms with Crippen LogP contribution >= 0.6 is 11.8 Å². The quantitative estimate of drug-likeness (QED) is 0.620. The van der Waals surface area contributed by atoms with Gasteiger partial charge in [0.05, 0.1) is 31.3 Å². The maximum absolute atomic E-state index is 12.7. The minimum Gasteiger partial charge on any atom is -0.468 e. The Balaban J connectivity index is 2.10. The van der Waals surface area contributed by atoms with Crippen LogP contribution in [0.1, 0.15) is 18.2 Å². The van der Waals surface area contributed by atoms with Crippen molar-refractivity contribution in [2.75, 3.05) is 26.2 Å². The molecule has 0 radical (unpaired) electrons. The molecule has 2 aliphatic heterocycles. The second kappa shape index (κ2) is 6.25. The molecule has 2 aliphatic rings. The van der Waals surface area contributed by atoms with E-state index in [0.29, 0.717) is 17.9 Å². The molecule has 2 saturated heterocycles. The highest BCUT2D eigenvalue weighted by molar-refractivity contribution is 7.98. The van der Waals surface area contributed by atoms with Crippen LogP contribution in [0.4, 0.5) is 0 Å². The Morgan fingerprint density at radius 1 is 1.46 bits per heavy atom.